The molecule has 0 aromatic carbocycles. The number of carboxylic acids is 1. The van der Waals surface area contributed by atoms with Gasteiger partial charge in [0.2, 0.25) is 0 Å². The summed E-state index contributed by atoms with van der Waals surface area (Å²) in [5, 5.41) is 8.79. The highest BCUT2D eigenvalue weighted by Gasteiger charge is 2.14. The predicted molar refractivity (Wildman–Crippen MR) is 61.0 cm³/mol. The fraction of sp³-hybridized carbons (Fsp3) is 0.444. The predicted octanol–water partition coefficient (Wildman–Crippen LogP) is 1.89. The van der Waals surface area contributed by atoms with Crippen molar-refractivity contribution in [1.82, 2.24) is 4.98 Å². The van der Waals surface area contributed by atoms with E-state index in [0.29, 0.717) is 16.6 Å². The Labute approximate surface area is 101 Å². The van der Waals surface area contributed by atoms with Gasteiger partial charge in [0.05, 0.1) is 22.7 Å². The second-order valence-corrected chi connectivity index (χ2v) is 4.92. The number of rotatable bonds is 6. The highest BCUT2D eigenvalue weighted by atomic mass is 32.2. The van der Waals surface area contributed by atoms with Gasteiger partial charge >= 0.3 is 11.9 Å². The second kappa shape index (κ2) is 6.49. The van der Waals surface area contributed by atoms with Crippen LogP contribution in [0.4, 0.5) is 0 Å². The van der Waals surface area contributed by atoms with Crippen LogP contribution in [0.25, 0.3) is 0 Å². The van der Waals surface area contributed by atoms with Gasteiger partial charge in [-0.15, -0.1) is 23.1 Å². The van der Waals surface area contributed by atoms with Crippen LogP contribution in [0.15, 0.2) is 9.72 Å². The molecule has 0 unspecified atom stereocenters. The summed E-state index contributed by atoms with van der Waals surface area (Å²) in [6, 6.07) is 0. The zero-order valence-electron chi connectivity index (χ0n) is 8.63. The maximum absolute atomic E-state index is 11.0. The van der Waals surface area contributed by atoms with Crippen LogP contribution in [-0.2, 0) is 9.53 Å². The summed E-state index contributed by atoms with van der Waals surface area (Å²) in [6.45, 7) is 2.11. The minimum atomic E-state index is -1.04. The molecule has 88 valence electrons. The number of hydrogen-bond acceptors (Lipinski definition) is 6. The van der Waals surface area contributed by atoms with E-state index < -0.39 is 5.97 Å². The molecular formula is C9H11NO4S2. The van der Waals surface area contributed by atoms with Crippen molar-refractivity contribution in [2.24, 2.45) is 0 Å². The lowest BCUT2D eigenvalue weighted by molar-refractivity contribution is -0.142. The van der Waals surface area contributed by atoms with Gasteiger partial charge in [0, 0.05) is 5.75 Å². The lowest BCUT2D eigenvalue weighted by Crippen LogP contribution is -2.05. The maximum Gasteiger partial charge on any atom is 0.356 e. The molecule has 1 aromatic rings. The summed E-state index contributed by atoms with van der Waals surface area (Å²) < 4.78 is 5.38. The number of aromatic nitrogens is 1. The SMILES string of the molecule is CCOC(=O)CCSc1scnc1C(=O)O. The number of ether oxygens (including phenoxy) is 1. The van der Waals surface area contributed by atoms with E-state index >= 15 is 0 Å². The Morgan fingerprint density at radius 1 is 1.62 bits per heavy atom. The van der Waals surface area contributed by atoms with Crippen LogP contribution in [0, 0.1) is 0 Å². The Morgan fingerprint density at radius 3 is 3.00 bits per heavy atom. The highest BCUT2D eigenvalue weighted by Crippen LogP contribution is 2.27. The van der Waals surface area contributed by atoms with E-state index in [0.717, 1.165) is 0 Å². The standard InChI is InChI=1S/C9H11NO4S2/c1-2-14-6(11)3-4-15-9-7(8(12)13)10-5-16-9/h5H,2-4H2,1H3,(H,12,13). The molecule has 0 fully saturated rings. The third-order valence-corrected chi connectivity index (χ3v) is 3.71. The van der Waals surface area contributed by atoms with Gasteiger partial charge < -0.3 is 9.84 Å². The molecule has 5 nitrogen and oxygen atoms in total. The number of aromatic carboxylic acids is 1. The number of esters is 1. The zero-order valence-corrected chi connectivity index (χ0v) is 10.3. The van der Waals surface area contributed by atoms with Crippen LogP contribution >= 0.6 is 23.1 Å². The molecule has 0 saturated carbocycles. The largest absolute Gasteiger partial charge is 0.476 e. The summed E-state index contributed by atoms with van der Waals surface area (Å²) in [4.78, 5) is 25.5. The summed E-state index contributed by atoms with van der Waals surface area (Å²) >= 11 is 2.57. The van der Waals surface area contributed by atoms with E-state index in [1.165, 1.54) is 28.6 Å². The second-order valence-electron chi connectivity index (χ2n) is 2.70. The van der Waals surface area contributed by atoms with Gasteiger partial charge in [-0.05, 0) is 6.92 Å². The zero-order chi connectivity index (χ0) is 12.0. The minimum absolute atomic E-state index is 0.0545. The maximum atomic E-state index is 11.0. The van der Waals surface area contributed by atoms with E-state index in [-0.39, 0.29) is 18.1 Å². The van der Waals surface area contributed by atoms with Crippen molar-refractivity contribution in [2.75, 3.05) is 12.4 Å². The van der Waals surface area contributed by atoms with Crippen molar-refractivity contribution < 1.29 is 19.4 Å². The Balaban J connectivity index is 2.40. The Bertz CT molecular complexity index is 377. The molecule has 0 saturated heterocycles. The third-order valence-electron chi connectivity index (χ3n) is 1.58. The van der Waals surface area contributed by atoms with E-state index in [2.05, 4.69) is 4.98 Å². The fourth-order valence-corrected chi connectivity index (χ4v) is 2.83. The van der Waals surface area contributed by atoms with Crippen LogP contribution in [-0.4, -0.2) is 34.4 Å². The minimum Gasteiger partial charge on any atom is -0.476 e. The molecule has 0 atom stereocenters. The van der Waals surface area contributed by atoms with Crippen LogP contribution in [0.5, 0.6) is 0 Å². The smallest absolute Gasteiger partial charge is 0.356 e. The van der Waals surface area contributed by atoms with Crippen molar-refractivity contribution in [1.29, 1.82) is 0 Å². The molecule has 1 rings (SSSR count). The number of hydrogen-bond donors (Lipinski definition) is 1. The average molecular weight is 261 g/mol. The lowest BCUT2D eigenvalue weighted by Gasteiger charge is -2.00. The number of carbonyl (C=O) groups excluding carboxylic acids is 1. The van der Waals surface area contributed by atoms with Gasteiger partial charge in [0.1, 0.15) is 0 Å². The number of carboxylic acid groups (broad SMARTS) is 1. The third kappa shape index (κ3) is 3.82. The number of thioether (sulfide) groups is 1. The lowest BCUT2D eigenvalue weighted by atomic mass is 10.5. The van der Waals surface area contributed by atoms with Crippen LogP contribution < -0.4 is 0 Å². The Kier molecular flexibility index (Phi) is 5.27. The first kappa shape index (κ1) is 13.0. The quantitative estimate of drug-likeness (QED) is 0.622. The first-order valence-electron chi connectivity index (χ1n) is 4.60. The molecule has 1 heterocycles. The van der Waals surface area contributed by atoms with E-state index in [1.54, 1.807) is 6.92 Å². The monoisotopic (exact) mass is 261 g/mol. The molecule has 0 bridgehead atoms. The number of thiazole rings is 1. The summed E-state index contributed by atoms with van der Waals surface area (Å²) in [5.74, 6) is -0.808. The molecule has 0 spiro atoms. The Hall–Kier alpha value is -1.08. The van der Waals surface area contributed by atoms with Crippen molar-refractivity contribution in [3.8, 4) is 0 Å². The van der Waals surface area contributed by atoms with Crippen LogP contribution in [0.3, 0.4) is 0 Å². The molecule has 0 radical (unpaired) electrons. The van der Waals surface area contributed by atoms with Gasteiger partial charge in [-0.2, -0.15) is 0 Å². The van der Waals surface area contributed by atoms with E-state index in [4.69, 9.17) is 9.84 Å². The van der Waals surface area contributed by atoms with Gasteiger partial charge in [0.25, 0.3) is 0 Å². The first-order valence-corrected chi connectivity index (χ1v) is 6.46. The van der Waals surface area contributed by atoms with E-state index in [1.807, 2.05) is 0 Å². The summed E-state index contributed by atoms with van der Waals surface area (Å²) in [5.41, 5.74) is 1.54. The topological polar surface area (TPSA) is 76.5 Å². The Morgan fingerprint density at radius 2 is 2.38 bits per heavy atom. The molecule has 7 heteroatoms. The molecule has 1 N–H and O–H groups in total. The van der Waals surface area contributed by atoms with Gasteiger partial charge in [-0.3, -0.25) is 4.79 Å². The van der Waals surface area contributed by atoms with Gasteiger partial charge in [0.15, 0.2) is 5.69 Å². The molecule has 1 aromatic heterocycles. The molecule has 16 heavy (non-hydrogen) atoms. The molecule has 0 aliphatic rings. The molecular weight excluding hydrogens is 250 g/mol. The number of carbonyl (C=O) groups is 2. The molecule has 0 amide bonds. The van der Waals surface area contributed by atoms with Crippen molar-refractivity contribution in [3.63, 3.8) is 0 Å². The molecule has 0 aliphatic carbocycles. The first-order chi connectivity index (χ1) is 7.65. The van der Waals surface area contributed by atoms with E-state index in [9.17, 15) is 9.59 Å². The van der Waals surface area contributed by atoms with Crippen molar-refractivity contribution in [2.45, 2.75) is 17.6 Å². The average Bonchev–Trinajstić information content (AvgIpc) is 2.66. The normalized spacial score (nSPS) is 10.1. The summed E-state index contributed by atoms with van der Waals surface area (Å²) in [6.07, 6.45) is 0.273. The number of nitrogens with zero attached hydrogens (tertiary/aromatic N) is 1. The van der Waals surface area contributed by atoms with Crippen molar-refractivity contribution in [3.05, 3.63) is 11.2 Å². The summed E-state index contributed by atoms with van der Waals surface area (Å²) in [7, 11) is 0. The van der Waals surface area contributed by atoms with Gasteiger partial charge in [-0.25, -0.2) is 9.78 Å². The van der Waals surface area contributed by atoms with Crippen molar-refractivity contribution >= 4 is 35.0 Å². The fourth-order valence-electron chi connectivity index (χ4n) is 0.941. The highest BCUT2D eigenvalue weighted by molar-refractivity contribution is 8.01. The van der Waals surface area contributed by atoms with Crippen LogP contribution in [0.2, 0.25) is 0 Å². The molecule has 0 aliphatic heterocycles. The van der Waals surface area contributed by atoms with Gasteiger partial charge in [-0.1, -0.05) is 0 Å². The van der Waals surface area contributed by atoms with Crippen LogP contribution in [0.1, 0.15) is 23.8 Å².